The van der Waals surface area contributed by atoms with Crippen LogP contribution in [0.5, 0.6) is 0 Å². The van der Waals surface area contributed by atoms with Crippen molar-refractivity contribution in [2.24, 2.45) is 0 Å². The molecule has 3 rings (SSSR count). The number of rotatable bonds is 2. The summed E-state index contributed by atoms with van der Waals surface area (Å²) in [6, 6.07) is 13.3. The molecule has 0 amide bonds. The SMILES string of the molecule is Cc1ccc(C#N)cc1-n1c(CCl)nc2cc(Cl)ccc21. The number of alkyl halides is 1. The highest BCUT2D eigenvalue weighted by Gasteiger charge is 2.14. The van der Waals surface area contributed by atoms with Gasteiger partial charge in [-0.3, -0.25) is 4.57 Å². The molecule has 0 saturated carbocycles. The van der Waals surface area contributed by atoms with Gasteiger partial charge in [0, 0.05) is 5.02 Å². The molecule has 0 aliphatic carbocycles. The average Bonchev–Trinajstić information content (AvgIpc) is 2.85. The Labute approximate surface area is 132 Å². The number of benzene rings is 2. The highest BCUT2D eigenvalue weighted by atomic mass is 35.5. The van der Waals surface area contributed by atoms with E-state index < -0.39 is 0 Å². The number of hydrogen-bond acceptors (Lipinski definition) is 2. The zero-order valence-corrected chi connectivity index (χ0v) is 12.8. The van der Waals surface area contributed by atoms with Crippen LogP contribution in [0.4, 0.5) is 0 Å². The quantitative estimate of drug-likeness (QED) is 0.648. The molecule has 0 aliphatic rings. The van der Waals surface area contributed by atoms with Crippen molar-refractivity contribution in [1.29, 1.82) is 5.26 Å². The summed E-state index contributed by atoms with van der Waals surface area (Å²) in [5.41, 5.74) is 4.28. The summed E-state index contributed by atoms with van der Waals surface area (Å²) >= 11 is 12.1. The van der Waals surface area contributed by atoms with E-state index in [1.807, 2.05) is 41.8 Å². The first-order valence-corrected chi connectivity index (χ1v) is 7.29. The second-order valence-corrected chi connectivity index (χ2v) is 5.45. The molecular formula is C16H11Cl2N3. The number of aryl methyl sites for hydroxylation is 1. The van der Waals surface area contributed by atoms with E-state index in [1.165, 1.54) is 0 Å². The maximum absolute atomic E-state index is 9.11. The summed E-state index contributed by atoms with van der Waals surface area (Å²) in [6.07, 6.45) is 0. The Morgan fingerprint density at radius 1 is 1.24 bits per heavy atom. The maximum atomic E-state index is 9.11. The second kappa shape index (κ2) is 5.40. The molecule has 0 saturated heterocycles. The van der Waals surface area contributed by atoms with E-state index in [2.05, 4.69) is 11.1 Å². The number of aromatic nitrogens is 2. The van der Waals surface area contributed by atoms with Gasteiger partial charge in [-0.15, -0.1) is 11.6 Å². The number of hydrogen-bond donors (Lipinski definition) is 0. The lowest BCUT2D eigenvalue weighted by Crippen LogP contribution is -2.02. The van der Waals surface area contributed by atoms with Crippen molar-refractivity contribution in [3.8, 4) is 11.8 Å². The molecule has 1 aromatic heterocycles. The Hall–Kier alpha value is -2.02. The maximum Gasteiger partial charge on any atom is 0.129 e. The molecule has 2 aromatic carbocycles. The standard InChI is InChI=1S/C16H11Cl2N3/c1-10-2-3-11(9-19)6-15(10)21-14-5-4-12(18)7-13(14)20-16(21)8-17/h2-7H,8H2,1H3. The van der Waals surface area contributed by atoms with Gasteiger partial charge in [0.1, 0.15) is 5.82 Å². The fourth-order valence-corrected chi connectivity index (χ4v) is 2.73. The molecule has 0 N–H and O–H groups in total. The van der Waals surface area contributed by atoms with Crippen LogP contribution in [0.2, 0.25) is 5.02 Å². The average molecular weight is 316 g/mol. The predicted octanol–water partition coefficient (Wildman–Crippen LogP) is 4.60. The minimum absolute atomic E-state index is 0.280. The highest BCUT2D eigenvalue weighted by Crippen LogP contribution is 2.27. The van der Waals surface area contributed by atoms with Crippen molar-refractivity contribution in [2.75, 3.05) is 0 Å². The molecule has 0 atom stereocenters. The van der Waals surface area contributed by atoms with Crippen LogP contribution in [-0.2, 0) is 5.88 Å². The van der Waals surface area contributed by atoms with Crippen LogP contribution in [-0.4, -0.2) is 9.55 Å². The summed E-state index contributed by atoms with van der Waals surface area (Å²) in [4.78, 5) is 4.53. The van der Waals surface area contributed by atoms with Gasteiger partial charge in [0.05, 0.1) is 34.2 Å². The van der Waals surface area contributed by atoms with Gasteiger partial charge in [-0.2, -0.15) is 5.26 Å². The van der Waals surface area contributed by atoms with Crippen LogP contribution >= 0.6 is 23.2 Å². The molecule has 0 aliphatic heterocycles. The van der Waals surface area contributed by atoms with E-state index in [1.54, 1.807) is 6.07 Å². The lowest BCUT2D eigenvalue weighted by Gasteiger charge is -2.11. The Kier molecular flexibility index (Phi) is 3.59. The first-order valence-electron chi connectivity index (χ1n) is 6.38. The summed E-state index contributed by atoms with van der Waals surface area (Å²) < 4.78 is 1.98. The molecule has 21 heavy (non-hydrogen) atoms. The third-order valence-electron chi connectivity index (χ3n) is 3.38. The largest absolute Gasteiger partial charge is 0.295 e. The van der Waals surface area contributed by atoms with Gasteiger partial charge >= 0.3 is 0 Å². The van der Waals surface area contributed by atoms with Crippen molar-refractivity contribution < 1.29 is 0 Å². The van der Waals surface area contributed by atoms with Crippen LogP contribution in [0.15, 0.2) is 36.4 Å². The molecule has 0 unspecified atom stereocenters. The molecule has 3 nitrogen and oxygen atoms in total. The van der Waals surface area contributed by atoms with Crippen molar-refractivity contribution in [2.45, 2.75) is 12.8 Å². The van der Waals surface area contributed by atoms with Crippen molar-refractivity contribution in [1.82, 2.24) is 9.55 Å². The molecule has 3 aromatic rings. The Balaban J connectivity index is 2.36. The van der Waals surface area contributed by atoms with Crippen molar-refractivity contribution in [3.63, 3.8) is 0 Å². The van der Waals surface area contributed by atoms with E-state index in [4.69, 9.17) is 28.5 Å². The second-order valence-electron chi connectivity index (χ2n) is 4.74. The number of nitriles is 1. The predicted molar refractivity (Wildman–Crippen MR) is 85.1 cm³/mol. The zero-order valence-electron chi connectivity index (χ0n) is 11.3. The van der Waals surface area contributed by atoms with E-state index in [-0.39, 0.29) is 5.88 Å². The van der Waals surface area contributed by atoms with Crippen LogP contribution in [0, 0.1) is 18.3 Å². The molecule has 0 fully saturated rings. The Bertz CT molecular complexity index is 875. The summed E-state index contributed by atoms with van der Waals surface area (Å²) in [5.74, 6) is 1.01. The van der Waals surface area contributed by atoms with Crippen LogP contribution in [0.25, 0.3) is 16.7 Å². The summed E-state index contributed by atoms with van der Waals surface area (Å²) in [6.45, 7) is 2.00. The Morgan fingerprint density at radius 3 is 2.76 bits per heavy atom. The van der Waals surface area contributed by atoms with Gasteiger partial charge in [0.25, 0.3) is 0 Å². The molecule has 0 bridgehead atoms. The summed E-state index contributed by atoms with van der Waals surface area (Å²) in [7, 11) is 0. The molecule has 0 radical (unpaired) electrons. The number of fused-ring (bicyclic) bond motifs is 1. The molecule has 0 spiro atoms. The van der Waals surface area contributed by atoms with E-state index in [0.29, 0.717) is 10.6 Å². The highest BCUT2D eigenvalue weighted by molar-refractivity contribution is 6.31. The van der Waals surface area contributed by atoms with E-state index in [9.17, 15) is 0 Å². The molecule has 104 valence electrons. The fourth-order valence-electron chi connectivity index (χ4n) is 2.38. The normalized spacial score (nSPS) is 10.8. The first-order chi connectivity index (χ1) is 10.1. The topological polar surface area (TPSA) is 41.6 Å². The molecule has 5 heteroatoms. The van der Waals surface area contributed by atoms with Crippen molar-refractivity contribution in [3.05, 3.63) is 58.4 Å². The zero-order chi connectivity index (χ0) is 15.0. The third kappa shape index (κ3) is 2.37. The third-order valence-corrected chi connectivity index (χ3v) is 3.86. The lowest BCUT2D eigenvalue weighted by atomic mass is 10.1. The smallest absolute Gasteiger partial charge is 0.129 e. The van der Waals surface area contributed by atoms with Gasteiger partial charge in [0.2, 0.25) is 0 Å². The van der Waals surface area contributed by atoms with Crippen LogP contribution < -0.4 is 0 Å². The number of imidazole rings is 1. The molecule has 1 heterocycles. The minimum atomic E-state index is 0.280. The number of nitrogens with zero attached hydrogens (tertiary/aromatic N) is 3. The van der Waals surface area contributed by atoms with E-state index in [0.717, 1.165) is 28.1 Å². The van der Waals surface area contributed by atoms with Gasteiger partial charge in [-0.05, 0) is 42.8 Å². The monoisotopic (exact) mass is 315 g/mol. The van der Waals surface area contributed by atoms with Gasteiger partial charge in [-0.1, -0.05) is 17.7 Å². The van der Waals surface area contributed by atoms with Crippen molar-refractivity contribution >= 4 is 34.2 Å². The fraction of sp³-hybridized carbons (Fsp3) is 0.125. The summed E-state index contributed by atoms with van der Waals surface area (Å²) in [5, 5.41) is 9.74. The first kappa shape index (κ1) is 13.9. The van der Waals surface area contributed by atoms with Gasteiger partial charge < -0.3 is 0 Å². The van der Waals surface area contributed by atoms with Gasteiger partial charge in [0.15, 0.2) is 0 Å². The lowest BCUT2D eigenvalue weighted by molar-refractivity contribution is 0.971. The van der Waals surface area contributed by atoms with Crippen LogP contribution in [0.3, 0.4) is 0 Å². The molecular weight excluding hydrogens is 305 g/mol. The van der Waals surface area contributed by atoms with E-state index >= 15 is 0 Å². The minimum Gasteiger partial charge on any atom is -0.295 e. The van der Waals surface area contributed by atoms with Crippen LogP contribution in [0.1, 0.15) is 17.0 Å². The van der Waals surface area contributed by atoms with Gasteiger partial charge in [-0.25, -0.2) is 4.98 Å². The number of halogens is 2. The Morgan fingerprint density at radius 2 is 2.05 bits per heavy atom.